The number of benzene rings is 3. The molecule has 8 heteroatoms. The fraction of sp³-hybridized carbons (Fsp3) is 0.208. The number of phenols is 1. The summed E-state index contributed by atoms with van der Waals surface area (Å²) in [6.07, 6.45) is 0. The quantitative estimate of drug-likeness (QED) is 0.474. The van der Waals surface area contributed by atoms with Crippen LogP contribution >= 0.6 is 0 Å². The van der Waals surface area contributed by atoms with Crippen molar-refractivity contribution in [3.8, 4) is 11.4 Å². The number of nitrogens with zero attached hydrogens (tertiary/aromatic N) is 2. The molecule has 0 radical (unpaired) electrons. The summed E-state index contributed by atoms with van der Waals surface area (Å²) in [6, 6.07) is 16.2. The highest BCUT2D eigenvalue weighted by Gasteiger charge is 2.20. The topological polar surface area (TPSA) is 93.3 Å². The van der Waals surface area contributed by atoms with Gasteiger partial charge in [-0.15, -0.1) is 0 Å². The van der Waals surface area contributed by atoms with Gasteiger partial charge in [0, 0.05) is 29.4 Å². The molecule has 1 heterocycles. The zero-order valence-electron chi connectivity index (χ0n) is 18.3. The fourth-order valence-corrected chi connectivity index (χ4v) is 5.04. The zero-order chi connectivity index (χ0) is 23.2. The molecule has 0 unspecified atom stereocenters. The molecule has 0 fully saturated rings. The smallest absolute Gasteiger partial charge is 0.275 e. The molecule has 0 aliphatic rings. The van der Waals surface area contributed by atoms with Gasteiger partial charge in [-0.1, -0.05) is 26.0 Å². The van der Waals surface area contributed by atoms with Crippen LogP contribution in [0.1, 0.15) is 31.0 Å². The minimum atomic E-state index is -3.83. The number of nitrogens with one attached hydrogen (secondary N) is 1. The first-order valence-electron chi connectivity index (χ1n) is 10.2. The van der Waals surface area contributed by atoms with E-state index < -0.39 is 10.0 Å². The van der Waals surface area contributed by atoms with Crippen LogP contribution in [0.15, 0.2) is 70.4 Å². The molecule has 1 aromatic heterocycles. The van der Waals surface area contributed by atoms with Crippen LogP contribution in [0, 0.1) is 6.92 Å². The van der Waals surface area contributed by atoms with E-state index in [2.05, 4.69) is 4.72 Å². The van der Waals surface area contributed by atoms with E-state index in [9.17, 15) is 18.3 Å². The van der Waals surface area contributed by atoms with E-state index in [0.717, 1.165) is 16.6 Å². The average molecular weight is 452 g/mol. The van der Waals surface area contributed by atoms with Gasteiger partial charge in [-0.2, -0.15) is 0 Å². The Labute approximate surface area is 186 Å². The van der Waals surface area contributed by atoms with E-state index in [0.29, 0.717) is 16.8 Å². The molecule has 0 bridgehead atoms. The van der Waals surface area contributed by atoms with Crippen molar-refractivity contribution in [2.45, 2.75) is 31.6 Å². The van der Waals surface area contributed by atoms with Gasteiger partial charge in [0.1, 0.15) is 5.75 Å². The predicted octanol–water partition coefficient (Wildman–Crippen LogP) is 4.27. The number of rotatable bonds is 5. The molecule has 0 spiro atoms. The molecule has 0 aliphatic carbocycles. The Balaban J connectivity index is 1.66. The first kappa shape index (κ1) is 21.7. The lowest BCUT2D eigenvalue weighted by molar-refractivity contribution is 0.481. The van der Waals surface area contributed by atoms with Crippen LogP contribution in [-0.4, -0.2) is 22.9 Å². The summed E-state index contributed by atoms with van der Waals surface area (Å²) in [5, 5.41) is 11.3. The normalized spacial score (nSPS) is 11.9. The molecule has 0 atom stereocenters. The van der Waals surface area contributed by atoms with Crippen LogP contribution in [0.5, 0.6) is 5.75 Å². The molecule has 0 saturated carbocycles. The van der Waals surface area contributed by atoms with Crippen molar-refractivity contribution in [1.82, 2.24) is 9.36 Å². The number of aromatic hydroxyl groups is 1. The zero-order valence-corrected chi connectivity index (χ0v) is 19.1. The number of anilines is 1. The van der Waals surface area contributed by atoms with Crippen molar-refractivity contribution >= 4 is 26.5 Å². The number of phenolic OH excluding ortho intramolecular Hbond substituents is 1. The average Bonchev–Trinajstić information content (AvgIpc) is 2.96. The Morgan fingerprint density at radius 3 is 2.31 bits per heavy atom. The summed E-state index contributed by atoms with van der Waals surface area (Å²) in [4.78, 5) is 13.0. The van der Waals surface area contributed by atoms with Crippen LogP contribution in [0.25, 0.3) is 16.5 Å². The maximum absolute atomic E-state index is 12.9. The summed E-state index contributed by atoms with van der Waals surface area (Å²) in [6.45, 7) is 5.85. The minimum Gasteiger partial charge on any atom is -0.507 e. The molecule has 32 heavy (non-hydrogen) atoms. The molecule has 2 N–H and O–H groups in total. The van der Waals surface area contributed by atoms with Crippen LogP contribution < -0.4 is 10.3 Å². The highest BCUT2D eigenvalue weighted by Crippen LogP contribution is 2.28. The Hall–Kier alpha value is -3.52. The van der Waals surface area contributed by atoms with E-state index in [1.54, 1.807) is 57.9 Å². The van der Waals surface area contributed by atoms with E-state index in [1.165, 1.54) is 12.1 Å². The third-order valence-electron chi connectivity index (χ3n) is 5.68. The molecular formula is C24H25N3O4S. The molecule has 4 aromatic rings. The molecule has 3 aromatic carbocycles. The van der Waals surface area contributed by atoms with Crippen LogP contribution in [0.4, 0.5) is 5.69 Å². The summed E-state index contributed by atoms with van der Waals surface area (Å²) in [5.41, 5.74) is 2.50. The van der Waals surface area contributed by atoms with Crippen LogP contribution in [-0.2, 0) is 17.1 Å². The predicted molar refractivity (Wildman–Crippen MR) is 126 cm³/mol. The first-order chi connectivity index (χ1) is 15.1. The lowest BCUT2D eigenvalue weighted by Gasteiger charge is -2.11. The maximum atomic E-state index is 12.9. The third kappa shape index (κ3) is 3.67. The van der Waals surface area contributed by atoms with Gasteiger partial charge in [0.2, 0.25) is 0 Å². The fourth-order valence-electron chi connectivity index (χ4n) is 4.00. The lowest BCUT2D eigenvalue weighted by atomic mass is 10.0. The maximum Gasteiger partial charge on any atom is 0.275 e. The molecule has 0 aliphatic heterocycles. The third-order valence-corrected chi connectivity index (χ3v) is 7.07. The van der Waals surface area contributed by atoms with Gasteiger partial charge in [-0.3, -0.25) is 14.2 Å². The standard InChI is InChI=1S/C24H25N3O4S/c1-15(2)23-16(3)26(4)27(24(23)29)19-9-11-20(12-10-19)32(30,31)25-18-8-13-21-17(14-18)6-5-7-22(21)28/h5-15,25,28H,1-4H3. The number of fused-ring (bicyclic) bond motifs is 1. The number of hydrogen-bond acceptors (Lipinski definition) is 4. The van der Waals surface area contributed by atoms with Crippen molar-refractivity contribution in [2.24, 2.45) is 7.05 Å². The van der Waals surface area contributed by atoms with Gasteiger partial charge in [0.25, 0.3) is 15.6 Å². The number of aromatic nitrogens is 2. The highest BCUT2D eigenvalue weighted by atomic mass is 32.2. The van der Waals surface area contributed by atoms with Crippen LogP contribution in [0.3, 0.4) is 0 Å². The summed E-state index contributed by atoms with van der Waals surface area (Å²) < 4.78 is 31.7. The van der Waals surface area contributed by atoms with E-state index >= 15 is 0 Å². The molecule has 166 valence electrons. The van der Waals surface area contributed by atoms with Crippen molar-refractivity contribution in [3.63, 3.8) is 0 Å². The Kier molecular flexibility index (Phi) is 5.34. The van der Waals surface area contributed by atoms with Crippen molar-refractivity contribution in [1.29, 1.82) is 0 Å². The van der Waals surface area contributed by atoms with Crippen molar-refractivity contribution < 1.29 is 13.5 Å². The van der Waals surface area contributed by atoms with Gasteiger partial charge in [0.05, 0.1) is 10.6 Å². The highest BCUT2D eigenvalue weighted by molar-refractivity contribution is 7.92. The van der Waals surface area contributed by atoms with Crippen molar-refractivity contribution in [3.05, 3.63) is 82.3 Å². The number of sulfonamides is 1. The summed E-state index contributed by atoms with van der Waals surface area (Å²) in [5.74, 6) is 0.224. The van der Waals surface area contributed by atoms with Gasteiger partial charge >= 0.3 is 0 Å². The molecular weight excluding hydrogens is 426 g/mol. The van der Waals surface area contributed by atoms with Gasteiger partial charge in [-0.05, 0) is 66.8 Å². The molecule has 7 nitrogen and oxygen atoms in total. The second-order valence-electron chi connectivity index (χ2n) is 8.11. The van der Waals surface area contributed by atoms with E-state index in [-0.39, 0.29) is 22.1 Å². The van der Waals surface area contributed by atoms with E-state index in [1.807, 2.05) is 27.8 Å². The molecule has 0 saturated heterocycles. The summed E-state index contributed by atoms with van der Waals surface area (Å²) in [7, 11) is -2.02. The van der Waals surface area contributed by atoms with Crippen molar-refractivity contribution in [2.75, 3.05) is 4.72 Å². The van der Waals surface area contributed by atoms with Gasteiger partial charge in [0.15, 0.2) is 0 Å². The largest absolute Gasteiger partial charge is 0.507 e. The summed E-state index contributed by atoms with van der Waals surface area (Å²) >= 11 is 0. The lowest BCUT2D eigenvalue weighted by Crippen LogP contribution is -2.21. The first-order valence-corrected chi connectivity index (χ1v) is 11.7. The molecule has 4 rings (SSSR count). The minimum absolute atomic E-state index is 0.0836. The Bertz CT molecular complexity index is 1480. The number of hydrogen-bond donors (Lipinski definition) is 2. The second kappa shape index (κ2) is 7.87. The van der Waals surface area contributed by atoms with E-state index in [4.69, 9.17) is 0 Å². The van der Waals surface area contributed by atoms with Crippen LogP contribution in [0.2, 0.25) is 0 Å². The monoisotopic (exact) mass is 451 g/mol. The SMILES string of the molecule is Cc1c(C(C)C)c(=O)n(-c2ccc(S(=O)(=O)Nc3ccc4c(O)cccc4c3)cc2)n1C. The second-order valence-corrected chi connectivity index (χ2v) is 9.79. The molecule has 0 amide bonds. The van der Waals surface area contributed by atoms with Gasteiger partial charge in [-0.25, -0.2) is 13.1 Å². The van der Waals surface area contributed by atoms with Gasteiger partial charge < -0.3 is 5.11 Å². The Morgan fingerprint density at radius 2 is 1.69 bits per heavy atom. The Morgan fingerprint density at radius 1 is 1.00 bits per heavy atom.